The number of rotatable bonds is 4. The summed E-state index contributed by atoms with van der Waals surface area (Å²) in [4.78, 5) is 0. The molecule has 0 fully saturated rings. The lowest BCUT2D eigenvalue weighted by Gasteiger charge is -2.13. The Morgan fingerprint density at radius 1 is 1.16 bits per heavy atom. The molecule has 19 heavy (non-hydrogen) atoms. The molecule has 1 aromatic heterocycles. The van der Waals surface area contributed by atoms with Crippen LogP contribution in [0, 0.1) is 0 Å². The Morgan fingerprint density at radius 2 is 1.89 bits per heavy atom. The van der Waals surface area contributed by atoms with E-state index in [2.05, 4.69) is 0 Å². The van der Waals surface area contributed by atoms with Gasteiger partial charge in [0.1, 0.15) is 16.9 Å². The standard InChI is InChI=1S/C13H10Cl4O2/c1-2-18-11-6-8(14)7(5-9(11)15)13(17)10-3-4-12(16)19-10/h3-6,13H,2H2,1H3. The first-order valence-electron chi connectivity index (χ1n) is 5.54. The number of hydrogen-bond acceptors (Lipinski definition) is 2. The van der Waals surface area contributed by atoms with Crippen molar-refractivity contribution in [2.75, 3.05) is 6.61 Å². The summed E-state index contributed by atoms with van der Waals surface area (Å²) in [5.74, 6) is 1.04. The number of hydrogen-bond donors (Lipinski definition) is 0. The molecule has 0 saturated carbocycles. The maximum atomic E-state index is 6.32. The second-order valence-electron chi connectivity index (χ2n) is 3.74. The Kier molecular flexibility index (Phi) is 4.91. The van der Waals surface area contributed by atoms with Gasteiger partial charge in [0.15, 0.2) is 5.22 Å². The predicted molar refractivity (Wildman–Crippen MR) is 79.0 cm³/mol. The molecule has 102 valence electrons. The molecule has 1 unspecified atom stereocenters. The zero-order chi connectivity index (χ0) is 14.0. The Hall–Kier alpha value is -0.540. The van der Waals surface area contributed by atoms with Gasteiger partial charge in [-0.1, -0.05) is 23.2 Å². The Balaban J connectivity index is 2.37. The fourth-order valence-electron chi connectivity index (χ4n) is 1.62. The van der Waals surface area contributed by atoms with Crippen molar-refractivity contribution in [2.45, 2.75) is 12.3 Å². The molecule has 0 aliphatic heterocycles. The van der Waals surface area contributed by atoms with E-state index in [1.165, 1.54) is 0 Å². The van der Waals surface area contributed by atoms with Gasteiger partial charge in [-0.3, -0.25) is 0 Å². The van der Waals surface area contributed by atoms with Crippen LogP contribution in [0.5, 0.6) is 5.75 Å². The molecule has 0 amide bonds. The van der Waals surface area contributed by atoms with Gasteiger partial charge in [0.05, 0.1) is 11.6 Å². The fourth-order valence-corrected chi connectivity index (χ4v) is 2.62. The molecule has 0 spiro atoms. The Morgan fingerprint density at radius 3 is 2.47 bits per heavy atom. The molecule has 2 rings (SSSR count). The third kappa shape index (κ3) is 3.32. The SMILES string of the molecule is CCOc1cc(Cl)c(C(Cl)c2ccc(Cl)o2)cc1Cl. The van der Waals surface area contributed by atoms with Gasteiger partial charge in [0, 0.05) is 11.1 Å². The molecule has 1 heterocycles. The van der Waals surface area contributed by atoms with Crippen LogP contribution in [-0.4, -0.2) is 6.61 Å². The van der Waals surface area contributed by atoms with Gasteiger partial charge in [0.25, 0.3) is 0 Å². The van der Waals surface area contributed by atoms with Gasteiger partial charge in [-0.15, -0.1) is 11.6 Å². The average Bonchev–Trinajstić information content (AvgIpc) is 2.79. The number of benzene rings is 1. The fraction of sp³-hybridized carbons (Fsp3) is 0.231. The smallest absolute Gasteiger partial charge is 0.193 e. The molecule has 0 radical (unpaired) electrons. The quantitative estimate of drug-likeness (QED) is 0.640. The number of ether oxygens (including phenoxy) is 1. The third-order valence-corrected chi connectivity index (χ3v) is 3.74. The van der Waals surface area contributed by atoms with Gasteiger partial charge >= 0.3 is 0 Å². The first kappa shape index (κ1) is 14.9. The van der Waals surface area contributed by atoms with E-state index in [4.69, 9.17) is 55.6 Å². The summed E-state index contributed by atoms with van der Waals surface area (Å²) in [6.45, 7) is 2.38. The zero-order valence-corrected chi connectivity index (χ0v) is 12.9. The van der Waals surface area contributed by atoms with Crippen molar-refractivity contribution in [2.24, 2.45) is 0 Å². The van der Waals surface area contributed by atoms with Gasteiger partial charge in [0.2, 0.25) is 0 Å². The summed E-state index contributed by atoms with van der Waals surface area (Å²) >= 11 is 24.3. The van der Waals surface area contributed by atoms with E-state index in [0.717, 1.165) is 0 Å². The highest BCUT2D eigenvalue weighted by molar-refractivity contribution is 6.36. The van der Waals surface area contributed by atoms with Crippen molar-refractivity contribution in [3.8, 4) is 5.75 Å². The lowest BCUT2D eigenvalue weighted by atomic mass is 10.1. The van der Waals surface area contributed by atoms with Crippen molar-refractivity contribution in [1.82, 2.24) is 0 Å². The second-order valence-corrected chi connectivity index (χ2v) is 5.36. The highest BCUT2D eigenvalue weighted by atomic mass is 35.5. The largest absolute Gasteiger partial charge is 0.492 e. The van der Waals surface area contributed by atoms with Crippen LogP contribution in [0.1, 0.15) is 23.6 Å². The van der Waals surface area contributed by atoms with E-state index >= 15 is 0 Å². The maximum Gasteiger partial charge on any atom is 0.193 e. The van der Waals surface area contributed by atoms with Crippen LogP contribution in [0.2, 0.25) is 15.3 Å². The van der Waals surface area contributed by atoms with Gasteiger partial charge in [-0.2, -0.15) is 0 Å². The van der Waals surface area contributed by atoms with Gasteiger partial charge in [-0.05, 0) is 42.3 Å². The van der Waals surface area contributed by atoms with Gasteiger partial charge < -0.3 is 9.15 Å². The number of halogens is 4. The first-order chi connectivity index (χ1) is 9.02. The van der Waals surface area contributed by atoms with Crippen LogP contribution in [-0.2, 0) is 0 Å². The second kappa shape index (κ2) is 6.27. The molecular formula is C13H10Cl4O2. The molecule has 1 atom stereocenters. The van der Waals surface area contributed by atoms with Crippen LogP contribution < -0.4 is 4.74 Å². The molecule has 1 aromatic carbocycles. The first-order valence-corrected chi connectivity index (χ1v) is 7.11. The lowest BCUT2D eigenvalue weighted by molar-refractivity contribution is 0.340. The molecular weight excluding hydrogens is 330 g/mol. The van der Waals surface area contributed by atoms with Crippen LogP contribution in [0.15, 0.2) is 28.7 Å². The third-order valence-electron chi connectivity index (χ3n) is 2.47. The van der Waals surface area contributed by atoms with Crippen LogP contribution in [0.25, 0.3) is 0 Å². The average molecular weight is 340 g/mol. The van der Waals surface area contributed by atoms with Crippen molar-refractivity contribution in [1.29, 1.82) is 0 Å². The Bertz CT molecular complexity index is 580. The molecule has 0 saturated heterocycles. The van der Waals surface area contributed by atoms with E-state index in [1.54, 1.807) is 24.3 Å². The van der Waals surface area contributed by atoms with E-state index in [0.29, 0.717) is 33.7 Å². The summed E-state index contributed by atoms with van der Waals surface area (Å²) < 4.78 is 10.6. The van der Waals surface area contributed by atoms with Crippen LogP contribution >= 0.6 is 46.4 Å². The van der Waals surface area contributed by atoms with E-state index in [-0.39, 0.29) is 5.22 Å². The van der Waals surface area contributed by atoms with Crippen LogP contribution in [0.4, 0.5) is 0 Å². The summed E-state index contributed by atoms with van der Waals surface area (Å²) in [5, 5.41) is 0.618. The van der Waals surface area contributed by atoms with E-state index in [1.807, 2.05) is 6.92 Å². The monoisotopic (exact) mass is 338 g/mol. The highest BCUT2D eigenvalue weighted by Crippen LogP contribution is 2.40. The summed E-state index contributed by atoms with van der Waals surface area (Å²) in [5.41, 5.74) is 0.641. The van der Waals surface area contributed by atoms with Crippen molar-refractivity contribution >= 4 is 46.4 Å². The molecule has 0 aliphatic carbocycles. The normalized spacial score (nSPS) is 12.5. The van der Waals surface area contributed by atoms with Crippen LogP contribution in [0.3, 0.4) is 0 Å². The lowest BCUT2D eigenvalue weighted by Crippen LogP contribution is -1.97. The van der Waals surface area contributed by atoms with Crippen molar-refractivity contribution in [3.05, 3.63) is 50.9 Å². The molecule has 2 nitrogen and oxygen atoms in total. The minimum atomic E-state index is -0.562. The van der Waals surface area contributed by atoms with E-state index in [9.17, 15) is 0 Å². The van der Waals surface area contributed by atoms with Gasteiger partial charge in [-0.25, -0.2) is 0 Å². The molecule has 0 aliphatic rings. The topological polar surface area (TPSA) is 22.4 Å². The Labute approximate surface area is 131 Å². The molecule has 2 aromatic rings. The highest BCUT2D eigenvalue weighted by Gasteiger charge is 2.20. The van der Waals surface area contributed by atoms with E-state index < -0.39 is 5.38 Å². The molecule has 6 heteroatoms. The summed E-state index contributed by atoms with van der Waals surface area (Å²) in [7, 11) is 0. The number of alkyl halides is 1. The minimum Gasteiger partial charge on any atom is -0.492 e. The minimum absolute atomic E-state index is 0.272. The van der Waals surface area contributed by atoms with Crippen molar-refractivity contribution < 1.29 is 9.15 Å². The van der Waals surface area contributed by atoms with Crippen molar-refractivity contribution in [3.63, 3.8) is 0 Å². The summed E-state index contributed by atoms with van der Waals surface area (Å²) in [6, 6.07) is 6.63. The summed E-state index contributed by atoms with van der Waals surface area (Å²) in [6.07, 6.45) is 0. The zero-order valence-electron chi connectivity index (χ0n) is 9.92. The molecule has 0 bridgehead atoms. The maximum absolute atomic E-state index is 6.32. The molecule has 0 N–H and O–H groups in total. The number of furan rings is 1. The predicted octanol–water partition coefficient (Wildman–Crippen LogP) is 5.97.